The van der Waals surface area contributed by atoms with E-state index in [1.807, 2.05) is 0 Å². The first kappa shape index (κ1) is 10.4. The summed E-state index contributed by atoms with van der Waals surface area (Å²) in [4.78, 5) is 4.71. The van der Waals surface area contributed by atoms with Crippen LogP contribution in [0.25, 0.3) is 0 Å². The Morgan fingerprint density at radius 3 is 2.71 bits per heavy atom. The van der Waals surface area contributed by atoms with Gasteiger partial charge in [-0.1, -0.05) is 0 Å². The third-order valence-electron chi connectivity index (χ3n) is 3.62. The maximum absolute atomic E-state index is 9.77. The smallest absolute Gasteiger partial charge is 0.0831 e. The highest BCUT2D eigenvalue weighted by Gasteiger charge is 2.34. The number of aliphatic hydroxyl groups is 1. The largest absolute Gasteiger partial charge is 0.390 e. The molecule has 0 aliphatic carbocycles. The molecular formula is C10H21N3O. The molecule has 0 radical (unpaired) electrons. The fraction of sp³-hybridized carbons (Fsp3) is 1.00. The van der Waals surface area contributed by atoms with Crippen LogP contribution in [-0.2, 0) is 0 Å². The van der Waals surface area contributed by atoms with Crippen LogP contribution in [-0.4, -0.2) is 73.4 Å². The number of rotatable bonds is 2. The second-order valence-electron chi connectivity index (χ2n) is 4.66. The summed E-state index contributed by atoms with van der Waals surface area (Å²) in [6.45, 7) is 4.00. The van der Waals surface area contributed by atoms with Crippen LogP contribution in [0.1, 0.15) is 6.42 Å². The lowest BCUT2D eigenvalue weighted by Gasteiger charge is -2.31. The molecule has 0 bridgehead atoms. The molecule has 3 unspecified atom stereocenters. The monoisotopic (exact) mass is 199 g/mol. The zero-order chi connectivity index (χ0) is 10.1. The summed E-state index contributed by atoms with van der Waals surface area (Å²) in [6.07, 6.45) is 1.04. The molecule has 4 nitrogen and oxygen atoms in total. The molecule has 14 heavy (non-hydrogen) atoms. The van der Waals surface area contributed by atoms with Crippen LogP contribution in [0.5, 0.6) is 0 Å². The minimum Gasteiger partial charge on any atom is -0.390 e. The molecule has 2 aliphatic heterocycles. The molecule has 0 aromatic rings. The third kappa shape index (κ3) is 1.93. The Balaban J connectivity index is 1.90. The maximum atomic E-state index is 9.77. The zero-order valence-corrected chi connectivity index (χ0v) is 9.11. The van der Waals surface area contributed by atoms with Gasteiger partial charge < -0.3 is 15.3 Å². The zero-order valence-electron chi connectivity index (χ0n) is 9.11. The SMILES string of the molecule is CN1CCC(N(C)C2CNCC2O)C1. The van der Waals surface area contributed by atoms with E-state index in [4.69, 9.17) is 0 Å². The number of nitrogens with zero attached hydrogens (tertiary/aromatic N) is 2. The van der Waals surface area contributed by atoms with Crippen LogP contribution in [0.15, 0.2) is 0 Å². The van der Waals surface area contributed by atoms with Crippen molar-refractivity contribution in [2.24, 2.45) is 0 Å². The van der Waals surface area contributed by atoms with Gasteiger partial charge in [0.1, 0.15) is 0 Å². The summed E-state index contributed by atoms with van der Waals surface area (Å²) in [5.41, 5.74) is 0. The van der Waals surface area contributed by atoms with Gasteiger partial charge in [-0.25, -0.2) is 0 Å². The Hall–Kier alpha value is -0.160. The molecule has 4 heteroatoms. The number of nitrogens with one attached hydrogen (secondary N) is 1. The molecule has 2 rings (SSSR count). The van der Waals surface area contributed by atoms with Crippen molar-refractivity contribution in [3.8, 4) is 0 Å². The number of aliphatic hydroxyl groups excluding tert-OH is 1. The van der Waals surface area contributed by atoms with Gasteiger partial charge in [-0.3, -0.25) is 4.90 Å². The van der Waals surface area contributed by atoms with Crippen LogP contribution in [0.2, 0.25) is 0 Å². The summed E-state index contributed by atoms with van der Waals surface area (Å²) < 4.78 is 0. The van der Waals surface area contributed by atoms with Crippen molar-refractivity contribution in [3.05, 3.63) is 0 Å². The normalized spacial score (nSPS) is 39.9. The van der Waals surface area contributed by atoms with Gasteiger partial charge in [0.2, 0.25) is 0 Å². The molecule has 0 aromatic heterocycles. The molecule has 82 valence electrons. The molecule has 3 atom stereocenters. The van der Waals surface area contributed by atoms with Crippen LogP contribution < -0.4 is 5.32 Å². The molecule has 0 aromatic carbocycles. The molecular weight excluding hydrogens is 178 g/mol. The van der Waals surface area contributed by atoms with Crippen LogP contribution >= 0.6 is 0 Å². The number of hydrogen-bond donors (Lipinski definition) is 2. The number of likely N-dealkylation sites (N-methyl/N-ethyl adjacent to an activating group) is 2. The Morgan fingerprint density at radius 2 is 2.21 bits per heavy atom. The lowest BCUT2D eigenvalue weighted by atomic mass is 10.1. The number of hydrogen-bond acceptors (Lipinski definition) is 4. The predicted molar refractivity (Wildman–Crippen MR) is 56.3 cm³/mol. The topological polar surface area (TPSA) is 38.7 Å². The van der Waals surface area contributed by atoms with E-state index in [9.17, 15) is 5.11 Å². The van der Waals surface area contributed by atoms with Gasteiger partial charge in [-0.15, -0.1) is 0 Å². The second-order valence-corrected chi connectivity index (χ2v) is 4.66. The Kier molecular flexibility index (Phi) is 3.07. The van der Waals surface area contributed by atoms with Crippen molar-refractivity contribution in [1.29, 1.82) is 0 Å². The molecule has 2 aliphatic rings. The predicted octanol–water partition coefficient (Wildman–Crippen LogP) is -1.04. The molecule has 2 saturated heterocycles. The minimum absolute atomic E-state index is 0.189. The Morgan fingerprint density at radius 1 is 1.43 bits per heavy atom. The van der Waals surface area contributed by atoms with E-state index in [-0.39, 0.29) is 6.10 Å². The number of β-amino-alcohol motifs (C(OH)–C–C–N with tert-alkyl or cyclic N) is 1. The molecule has 0 spiro atoms. The van der Waals surface area contributed by atoms with Gasteiger partial charge in [0.15, 0.2) is 0 Å². The summed E-state index contributed by atoms with van der Waals surface area (Å²) in [6, 6.07) is 0.936. The average molecular weight is 199 g/mol. The molecule has 2 fully saturated rings. The van der Waals surface area contributed by atoms with E-state index in [0.29, 0.717) is 12.1 Å². The molecule has 2 heterocycles. The highest BCUT2D eigenvalue weighted by atomic mass is 16.3. The standard InChI is InChI=1S/C10H21N3O/c1-12-4-3-8(7-12)13(2)9-5-11-6-10(9)14/h8-11,14H,3-7H2,1-2H3. The average Bonchev–Trinajstić information content (AvgIpc) is 2.73. The molecule has 0 saturated carbocycles. The van der Waals surface area contributed by atoms with Crippen molar-refractivity contribution in [2.75, 3.05) is 40.3 Å². The second kappa shape index (κ2) is 4.14. The summed E-state index contributed by atoms with van der Waals surface area (Å²) in [5, 5.41) is 13.0. The van der Waals surface area contributed by atoms with E-state index >= 15 is 0 Å². The van der Waals surface area contributed by atoms with E-state index in [0.717, 1.165) is 19.6 Å². The van der Waals surface area contributed by atoms with Crippen molar-refractivity contribution in [2.45, 2.75) is 24.6 Å². The lowest BCUT2D eigenvalue weighted by Crippen LogP contribution is -2.47. The van der Waals surface area contributed by atoms with Gasteiger partial charge in [-0.05, 0) is 27.1 Å². The van der Waals surface area contributed by atoms with E-state index in [2.05, 4.69) is 29.2 Å². The fourth-order valence-electron chi connectivity index (χ4n) is 2.58. The summed E-state index contributed by atoms with van der Waals surface area (Å²) >= 11 is 0. The van der Waals surface area contributed by atoms with Gasteiger partial charge in [0.05, 0.1) is 6.10 Å². The third-order valence-corrected chi connectivity index (χ3v) is 3.62. The first-order valence-electron chi connectivity index (χ1n) is 5.47. The van der Waals surface area contributed by atoms with Gasteiger partial charge >= 0.3 is 0 Å². The highest BCUT2D eigenvalue weighted by molar-refractivity contribution is 4.92. The molecule has 0 amide bonds. The first-order valence-corrected chi connectivity index (χ1v) is 5.47. The highest BCUT2D eigenvalue weighted by Crippen LogP contribution is 2.18. The fourth-order valence-corrected chi connectivity index (χ4v) is 2.58. The lowest BCUT2D eigenvalue weighted by molar-refractivity contribution is 0.0755. The van der Waals surface area contributed by atoms with Crippen molar-refractivity contribution in [1.82, 2.24) is 15.1 Å². The minimum atomic E-state index is -0.189. The summed E-state index contributed by atoms with van der Waals surface area (Å²) in [5.74, 6) is 0. The Bertz CT molecular complexity index is 200. The van der Waals surface area contributed by atoms with E-state index in [1.54, 1.807) is 0 Å². The van der Waals surface area contributed by atoms with Gasteiger partial charge in [-0.2, -0.15) is 0 Å². The summed E-state index contributed by atoms with van der Waals surface area (Å²) in [7, 11) is 4.31. The van der Waals surface area contributed by atoms with Crippen molar-refractivity contribution >= 4 is 0 Å². The quantitative estimate of drug-likeness (QED) is 0.595. The van der Waals surface area contributed by atoms with E-state index < -0.39 is 0 Å². The molecule has 2 N–H and O–H groups in total. The van der Waals surface area contributed by atoms with Gasteiger partial charge in [0.25, 0.3) is 0 Å². The van der Waals surface area contributed by atoms with Crippen LogP contribution in [0.3, 0.4) is 0 Å². The van der Waals surface area contributed by atoms with Crippen molar-refractivity contribution < 1.29 is 5.11 Å². The number of likely N-dealkylation sites (tertiary alicyclic amines) is 1. The van der Waals surface area contributed by atoms with E-state index in [1.165, 1.54) is 13.0 Å². The first-order chi connectivity index (χ1) is 6.68. The van der Waals surface area contributed by atoms with Crippen LogP contribution in [0, 0.1) is 0 Å². The van der Waals surface area contributed by atoms with Gasteiger partial charge in [0, 0.05) is 31.7 Å². The maximum Gasteiger partial charge on any atom is 0.0831 e. The van der Waals surface area contributed by atoms with Crippen molar-refractivity contribution in [3.63, 3.8) is 0 Å². The Labute approximate surface area is 85.9 Å². The van der Waals surface area contributed by atoms with Crippen LogP contribution in [0.4, 0.5) is 0 Å².